The number of amides is 1. The normalized spacial score (nSPS) is 20.8. The van der Waals surface area contributed by atoms with Gasteiger partial charge in [0.1, 0.15) is 18.2 Å². The highest BCUT2D eigenvalue weighted by Gasteiger charge is 2.33. The van der Waals surface area contributed by atoms with Gasteiger partial charge in [0.05, 0.1) is 12.6 Å². The van der Waals surface area contributed by atoms with E-state index in [1.165, 1.54) is 0 Å². The van der Waals surface area contributed by atoms with Crippen molar-refractivity contribution in [3.05, 3.63) is 41.5 Å². The lowest BCUT2D eigenvalue weighted by Gasteiger charge is -2.26. The number of nitrogens with zero attached hydrogens (tertiary/aromatic N) is 4. The van der Waals surface area contributed by atoms with E-state index in [9.17, 15) is 4.79 Å². The van der Waals surface area contributed by atoms with Crippen LogP contribution >= 0.6 is 0 Å². The van der Waals surface area contributed by atoms with E-state index in [0.29, 0.717) is 13.2 Å². The van der Waals surface area contributed by atoms with Crippen LogP contribution in [0.3, 0.4) is 0 Å². The number of rotatable bonds is 3. The van der Waals surface area contributed by atoms with Crippen molar-refractivity contribution in [2.75, 3.05) is 26.2 Å². The number of para-hydroxylation sites is 1. The second kappa shape index (κ2) is 6.84. The highest BCUT2D eigenvalue weighted by molar-refractivity contribution is 5.79. The summed E-state index contributed by atoms with van der Waals surface area (Å²) in [6.45, 7) is 5.15. The van der Waals surface area contributed by atoms with Gasteiger partial charge in [-0.2, -0.15) is 5.10 Å². The Hall–Kier alpha value is -2.41. The minimum atomic E-state index is -0.00651. The molecule has 0 bridgehead atoms. The molecule has 25 heavy (non-hydrogen) atoms. The van der Waals surface area contributed by atoms with Crippen molar-refractivity contribution in [2.45, 2.75) is 32.4 Å². The molecule has 2 aliphatic rings. The van der Waals surface area contributed by atoms with Crippen molar-refractivity contribution >= 4 is 5.91 Å². The van der Waals surface area contributed by atoms with Crippen molar-refractivity contribution < 1.29 is 9.53 Å². The molecule has 1 aromatic carbocycles. The molecule has 0 spiro atoms. The summed E-state index contributed by atoms with van der Waals surface area (Å²) in [5.41, 5.74) is 1.13. The number of aromatic nitrogens is 3. The van der Waals surface area contributed by atoms with E-state index in [1.807, 2.05) is 30.0 Å². The number of hydrogen-bond acceptors (Lipinski definition) is 5. The number of H-pyrrole nitrogens is 1. The van der Waals surface area contributed by atoms with E-state index in [-0.39, 0.29) is 11.9 Å². The number of carbonyl (C=O) groups is 1. The molecule has 1 N–H and O–H groups in total. The first-order valence-corrected chi connectivity index (χ1v) is 8.82. The van der Waals surface area contributed by atoms with Crippen LogP contribution in [0.5, 0.6) is 5.75 Å². The highest BCUT2D eigenvalue weighted by atomic mass is 16.5. The van der Waals surface area contributed by atoms with Gasteiger partial charge in [0, 0.05) is 25.2 Å². The van der Waals surface area contributed by atoms with Crippen molar-refractivity contribution in [2.24, 2.45) is 0 Å². The smallest absolute Gasteiger partial charge is 0.237 e. The number of carbonyl (C=O) groups excluding carboxylic acids is 1. The number of hydrogen-bond donors (Lipinski definition) is 1. The van der Waals surface area contributed by atoms with Crippen LogP contribution in [-0.2, 0) is 11.3 Å². The van der Waals surface area contributed by atoms with Gasteiger partial charge in [-0.1, -0.05) is 18.2 Å². The van der Waals surface area contributed by atoms with E-state index in [0.717, 1.165) is 55.4 Å². The van der Waals surface area contributed by atoms with Crippen LogP contribution in [0.2, 0.25) is 0 Å². The van der Waals surface area contributed by atoms with Gasteiger partial charge in [0.2, 0.25) is 5.91 Å². The van der Waals surface area contributed by atoms with Gasteiger partial charge in [0.25, 0.3) is 0 Å². The summed E-state index contributed by atoms with van der Waals surface area (Å²) in [6, 6.07) is 8.03. The van der Waals surface area contributed by atoms with Crippen LogP contribution < -0.4 is 4.74 Å². The SMILES string of the molecule is Cc1nc([C@@H]2CCCN2C(=O)CN2CCOc3ccccc3C2)n[nH]1. The maximum Gasteiger partial charge on any atom is 0.237 e. The van der Waals surface area contributed by atoms with Gasteiger partial charge in [-0.3, -0.25) is 14.8 Å². The van der Waals surface area contributed by atoms with Crippen LogP contribution in [0.15, 0.2) is 24.3 Å². The first kappa shape index (κ1) is 16.1. The van der Waals surface area contributed by atoms with Crippen molar-refractivity contribution in [1.29, 1.82) is 0 Å². The van der Waals surface area contributed by atoms with Gasteiger partial charge in [-0.25, -0.2) is 4.98 Å². The standard InChI is InChI=1S/C18H23N5O2/c1-13-19-18(21-20-13)15-6-4-8-23(15)17(24)12-22-9-10-25-16-7-3-2-5-14(16)11-22/h2-3,5,7,15H,4,6,8-12H2,1H3,(H,19,20,21)/t15-/m0/s1. The molecule has 3 heterocycles. The molecule has 7 nitrogen and oxygen atoms in total. The Kier molecular flexibility index (Phi) is 4.40. The predicted octanol–water partition coefficient (Wildman–Crippen LogP) is 1.67. The van der Waals surface area contributed by atoms with E-state index in [2.05, 4.69) is 26.1 Å². The molecule has 1 atom stereocenters. The predicted molar refractivity (Wildman–Crippen MR) is 92.0 cm³/mol. The minimum Gasteiger partial charge on any atom is -0.492 e. The zero-order chi connectivity index (χ0) is 17.2. The van der Waals surface area contributed by atoms with E-state index in [1.54, 1.807) is 0 Å². The van der Waals surface area contributed by atoms with E-state index >= 15 is 0 Å². The molecule has 1 aromatic heterocycles. The number of aryl methyl sites for hydroxylation is 1. The molecule has 132 valence electrons. The average molecular weight is 341 g/mol. The summed E-state index contributed by atoms with van der Waals surface area (Å²) in [5, 5.41) is 7.14. The van der Waals surface area contributed by atoms with Crippen LogP contribution in [0.1, 0.15) is 36.1 Å². The van der Waals surface area contributed by atoms with Crippen molar-refractivity contribution in [1.82, 2.24) is 25.0 Å². The van der Waals surface area contributed by atoms with Crippen LogP contribution in [0, 0.1) is 6.92 Å². The van der Waals surface area contributed by atoms with Crippen LogP contribution in [-0.4, -0.2) is 57.1 Å². The molecule has 4 rings (SSSR count). The van der Waals surface area contributed by atoms with Crippen LogP contribution in [0.25, 0.3) is 0 Å². The fourth-order valence-electron chi connectivity index (χ4n) is 3.64. The topological polar surface area (TPSA) is 74.3 Å². The Labute approximate surface area is 147 Å². The second-order valence-corrected chi connectivity index (χ2v) is 6.69. The fourth-order valence-corrected chi connectivity index (χ4v) is 3.64. The molecule has 1 saturated heterocycles. The highest BCUT2D eigenvalue weighted by Crippen LogP contribution is 2.30. The molecule has 0 unspecified atom stereocenters. The molecular weight excluding hydrogens is 318 g/mol. The molecule has 1 fully saturated rings. The lowest BCUT2D eigenvalue weighted by Crippen LogP contribution is -2.40. The molecule has 7 heteroatoms. The monoisotopic (exact) mass is 341 g/mol. The zero-order valence-corrected chi connectivity index (χ0v) is 14.4. The zero-order valence-electron chi connectivity index (χ0n) is 14.4. The fraction of sp³-hybridized carbons (Fsp3) is 0.500. The first-order chi connectivity index (χ1) is 12.2. The lowest BCUT2D eigenvalue weighted by atomic mass is 10.2. The summed E-state index contributed by atoms with van der Waals surface area (Å²) < 4.78 is 5.79. The van der Waals surface area contributed by atoms with Gasteiger partial charge in [0.15, 0.2) is 5.82 Å². The third kappa shape index (κ3) is 3.37. The number of fused-ring (bicyclic) bond motifs is 1. The third-order valence-electron chi connectivity index (χ3n) is 4.88. The Morgan fingerprint density at radius 3 is 3.08 bits per heavy atom. The van der Waals surface area contributed by atoms with Gasteiger partial charge < -0.3 is 9.64 Å². The maximum absolute atomic E-state index is 12.9. The van der Waals surface area contributed by atoms with E-state index in [4.69, 9.17) is 4.74 Å². The maximum atomic E-state index is 12.9. The van der Waals surface area contributed by atoms with Crippen molar-refractivity contribution in [3.8, 4) is 5.75 Å². The summed E-state index contributed by atoms with van der Waals surface area (Å²) in [7, 11) is 0. The quantitative estimate of drug-likeness (QED) is 0.919. The lowest BCUT2D eigenvalue weighted by molar-refractivity contribution is -0.133. The summed E-state index contributed by atoms with van der Waals surface area (Å²) in [6.07, 6.45) is 1.92. The number of ether oxygens (including phenoxy) is 1. The minimum absolute atomic E-state index is 0.00651. The molecule has 1 amide bonds. The Bertz CT molecular complexity index is 759. The van der Waals surface area contributed by atoms with Crippen LogP contribution in [0.4, 0.5) is 0 Å². The van der Waals surface area contributed by atoms with Gasteiger partial charge in [-0.15, -0.1) is 0 Å². The Morgan fingerprint density at radius 1 is 1.36 bits per heavy atom. The molecule has 2 aliphatic heterocycles. The average Bonchev–Trinajstić information content (AvgIpc) is 3.20. The Morgan fingerprint density at radius 2 is 2.24 bits per heavy atom. The number of aromatic amines is 1. The number of nitrogens with one attached hydrogen (secondary N) is 1. The molecule has 0 saturated carbocycles. The summed E-state index contributed by atoms with van der Waals surface area (Å²) in [5.74, 6) is 2.58. The van der Waals surface area contributed by atoms with Gasteiger partial charge in [-0.05, 0) is 25.8 Å². The van der Waals surface area contributed by atoms with Crippen molar-refractivity contribution in [3.63, 3.8) is 0 Å². The summed E-state index contributed by atoms with van der Waals surface area (Å²) >= 11 is 0. The van der Waals surface area contributed by atoms with E-state index < -0.39 is 0 Å². The Balaban J connectivity index is 1.44. The molecule has 0 radical (unpaired) electrons. The molecule has 0 aliphatic carbocycles. The van der Waals surface area contributed by atoms with Gasteiger partial charge >= 0.3 is 0 Å². The number of benzene rings is 1. The summed E-state index contributed by atoms with van der Waals surface area (Å²) in [4.78, 5) is 21.4. The third-order valence-corrected chi connectivity index (χ3v) is 4.88. The second-order valence-electron chi connectivity index (χ2n) is 6.69. The molecular formula is C18H23N5O2. The first-order valence-electron chi connectivity index (χ1n) is 8.82. The largest absolute Gasteiger partial charge is 0.492 e. The molecule has 2 aromatic rings. The number of likely N-dealkylation sites (tertiary alicyclic amines) is 1.